The van der Waals surface area contributed by atoms with Gasteiger partial charge in [0.25, 0.3) is 0 Å². The second-order valence-electron chi connectivity index (χ2n) is 5.45. The van der Waals surface area contributed by atoms with Crippen LogP contribution in [0.5, 0.6) is 0 Å². The smallest absolute Gasteiger partial charge is 0.327 e. The van der Waals surface area contributed by atoms with Crippen molar-refractivity contribution in [1.82, 2.24) is 0 Å². The summed E-state index contributed by atoms with van der Waals surface area (Å²) in [5, 5.41) is 9.32. The van der Waals surface area contributed by atoms with Gasteiger partial charge in [0.2, 0.25) is 5.91 Å². The lowest BCUT2D eigenvalue weighted by atomic mass is 9.91. The molecule has 0 aromatic heterocycles. The molecule has 1 heterocycles. The number of carbonyl (C=O) groups is 2. The molecule has 5 heteroatoms. The van der Waals surface area contributed by atoms with Crippen LogP contribution >= 0.6 is 0 Å². The van der Waals surface area contributed by atoms with Crippen LogP contribution < -0.4 is 10.6 Å². The zero-order chi connectivity index (χ0) is 14.2. The number of para-hydroxylation sites is 1. The molecule has 5 nitrogen and oxygen atoms in total. The largest absolute Gasteiger partial charge is 0.480 e. The molecule has 1 amide bonds. The van der Waals surface area contributed by atoms with Crippen molar-refractivity contribution in [2.45, 2.75) is 26.3 Å². The Morgan fingerprint density at radius 1 is 1.42 bits per heavy atom. The van der Waals surface area contributed by atoms with Crippen LogP contribution in [0, 0.1) is 5.41 Å². The number of hydrogen-bond donors (Lipinski definition) is 2. The summed E-state index contributed by atoms with van der Waals surface area (Å²) in [6.45, 7) is 3.64. The number of rotatable bonds is 3. The molecule has 0 radical (unpaired) electrons. The van der Waals surface area contributed by atoms with E-state index < -0.39 is 17.4 Å². The van der Waals surface area contributed by atoms with Crippen molar-refractivity contribution in [3.8, 4) is 0 Å². The van der Waals surface area contributed by atoms with Gasteiger partial charge in [0.15, 0.2) is 0 Å². The normalized spacial score (nSPS) is 18.3. The summed E-state index contributed by atoms with van der Waals surface area (Å²) in [6, 6.07) is 6.45. The summed E-state index contributed by atoms with van der Waals surface area (Å²) >= 11 is 0. The van der Waals surface area contributed by atoms with Crippen LogP contribution in [-0.4, -0.2) is 29.6 Å². The molecule has 0 aliphatic carbocycles. The summed E-state index contributed by atoms with van der Waals surface area (Å²) < 4.78 is 0. The van der Waals surface area contributed by atoms with Gasteiger partial charge in [-0.05, 0) is 25.5 Å². The number of carboxylic acids is 1. The average Bonchev–Trinajstić information content (AvgIpc) is 2.77. The average molecular weight is 262 g/mol. The third kappa shape index (κ3) is 2.21. The number of aliphatic carboxylic acids is 1. The predicted molar refractivity (Wildman–Crippen MR) is 71.9 cm³/mol. The minimum absolute atomic E-state index is 0.177. The maximum atomic E-state index is 12.6. The first-order valence-electron chi connectivity index (χ1n) is 6.23. The number of benzene rings is 1. The maximum Gasteiger partial charge on any atom is 0.327 e. The summed E-state index contributed by atoms with van der Waals surface area (Å²) in [4.78, 5) is 25.3. The zero-order valence-corrected chi connectivity index (χ0v) is 11.1. The first-order valence-corrected chi connectivity index (χ1v) is 6.23. The van der Waals surface area contributed by atoms with E-state index in [1.807, 2.05) is 12.1 Å². The van der Waals surface area contributed by atoms with Gasteiger partial charge in [-0.2, -0.15) is 0 Å². The first kappa shape index (κ1) is 13.5. The molecule has 3 N–H and O–H groups in total. The van der Waals surface area contributed by atoms with Gasteiger partial charge in [0.1, 0.15) is 6.04 Å². The monoisotopic (exact) mass is 262 g/mol. The van der Waals surface area contributed by atoms with Crippen molar-refractivity contribution in [3.63, 3.8) is 0 Å². The van der Waals surface area contributed by atoms with E-state index in [0.717, 1.165) is 5.56 Å². The van der Waals surface area contributed by atoms with E-state index in [2.05, 4.69) is 0 Å². The van der Waals surface area contributed by atoms with Crippen molar-refractivity contribution < 1.29 is 14.7 Å². The van der Waals surface area contributed by atoms with Crippen molar-refractivity contribution in [2.75, 3.05) is 11.4 Å². The highest BCUT2D eigenvalue weighted by molar-refractivity contribution is 6.04. The lowest BCUT2D eigenvalue weighted by molar-refractivity contribution is -0.140. The number of amides is 1. The van der Waals surface area contributed by atoms with E-state index in [-0.39, 0.29) is 12.5 Å². The summed E-state index contributed by atoms with van der Waals surface area (Å²) in [6.07, 6.45) is 0.345. The van der Waals surface area contributed by atoms with Crippen LogP contribution in [0.25, 0.3) is 0 Å². The second kappa shape index (κ2) is 4.66. The second-order valence-corrected chi connectivity index (χ2v) is 5.45. The molecule has 0 bridgehead atoms. The van der Waals surface area contributed by atoms with E-state index in [9.17, 15) is 14.7 Å². The first-order chi connectivity index (χ1) is 8.88. The van der Waals surface area contributed by atoms with Crippen molar-refractivity contribution in [3.05, 3.63) is 29.8 Å². The fourth-order valence-corrected chi connectivity index (χ4v) is 2.25. The van der Waals surface area contributed by atoms with Gasteiger partial charge < -0.3 is 10.8 Å². The number of nitrogens with two attached hydrogens (primary N) is 1. The number of hydrogen-bond acceptors (Lipinski definition) is 3. The lowest BCUT2D eigenvalue weighted by Gasteiger charge is -2.31. The van der Waals surface area contributed by atoms with Crippen LogP contribution in [0.4, 0.5) is 5.69 Å². The molecule has 1 aromatic carbocycles. The molecule has 102 valence electrons. The Labute approximate surface area is 112 Å². The van der Waals surface area contributed by atoms with Gasteiger partial charge in [0.05, 0.1) is 5.41 Å². The zero-order valence-electron chi connectivity index (χ0n) is 11.1. The Morgan fingerprint density at radius 3 is 2.63 bits per heavy atom. The van der Waals surface area contributed by atoms with Gasteiger partial charge in [-0.15, -0.1) is 0 Å². The molecule has 0 saturated heterocycles. The minimum atomic E-state index is -0.989. The molecular formula is C14H18N2O3. The molecule has 1 aromatic rings. The number of carboxylic acid groups (broad SMARTS) is 1. The Kier molecular flexibility index (Phi) is 3.32. The van der Waals surface area contributed by atoms with E-state index in [4.69, 9.17) is 5.73 Å². The topological polar surface area (TPSA) is 83.6 Å². The van der Waals surface area contributed by atoms with E-state index in [1.165, 1.54) is 4.90 Å². The van der Waals surface area contributed by atoms with E-state index >= 15 is 0 Å². The van der Waals surface area contributed by atoms with Gasteiger partial charge >= 0.3 is 5.97 Å². The highest BCUT2D eigenvalue weighted by atomic mass is 16.4. The van der Waals surface area contributed by atoms with Crippen molar-refractivity contribution in [2.24, 2.45) is 11.1 Å². The SMILES string of the molecule is CC(C)(CN)C(=O)N1c2ccccc2CC1C(=O)O. The summed E-state index contributed by atoms with van der Waals surface area (Å²) in [5.74, 6) is -1.23. The molecule has 19 heavy (non-hydrogen) atoms. The quantitative estimate of drug-likeness (QED) is 0.851. The van der Waals surface area contributed by atoms with Crippen LogP contribution in [-0.2, 0) is 16.0 Å². The van der Waals surface area contributed by atoms with Gasteiger partial charge in [-0.1, -0.05) is 18.2 Å². The summed E-state index contributed by atoms with van der Waals surface area (Å²) in [5.41, 5.74) is 6.42. The van der Waals surface area contributed by atoms with Gasteiger partial charge in [-0.25, -0.2) is 4.79 Å². The Hall–Kier alpha value is -1.88. The van der Waals surface area contributed by atoms with Gasteiger partial charge in [-0.3, -0.25) is 9.69 Å². The van der Waals surface area contributed by atoms with Crippen LogP contribution in [0.3, 0.4) is 0 Å². The number of fused-ring (bicyclic) bond motifs is 1. The highest BCUT2D eigenvalue weighted by Gasteiger charge is 2.42. The van der Waals surface area contributed by atoms with Crippen LogP contribution in [0.15, 0.2) is 24.3 Å². The predicted octanol–water partition coefficient (Wildman–Crippen LogP) is 1.01. The van der Waals surface area contributed by atoms with Crippen LogP contribution in [0.1, 0.15) is 19.4 Å². The Balaban J connectivity index is 2.45. The molecular weight excluding hydrogens is 244 g/mol. The molecule has 2 rings (SSSR count). The standard InChI is InChI=1S/C14H18N2O3/c1-14(2,8-15)13(19)16-10-6-4-3-5-9(10)7-11(16)12(17)18/h3-6,11H,7-8,15H2,1-2H3,(H,17,18). The fourth-order valence-electron chi connectivity index (χ4n) is 2.25. The van der Waals surface area contributed by atoms with E-state index in [1.54, 1.807) is 26.0 Å². The number of carbonyl (C=O) groups excluding carboxylic acids is 1. The highest BCUT2D eigenvalue weighted by Crippen LogP contribution is 2.35. The molecule has 1 aliphatic rings. The summed E-state index contributed by atoms with van der Waals surface area (Å²) in [7, 11) is 0. The van der Waals surface area contributed by atoms with Gasteiger partial charge in [0, 0.05) is 18.7 Å². The molecule has 0 saturated carbocycles. The maximum absolute atomic E-state index is 12.6. The molecule has 1 aliphatic heterocycles. The third-order valence-corrected chi connectivity index (χ3v) is 3.57. The molecule has 0 fully saturated rings. The van der Waals surface area contributed by atoms with Crippen LogP contribution in [0.2, 0.25) is 0 Å². The minimum Gasteiger partial charge on any atom is -0.480 e. The van der Waals surface area contributed by atoms with Crippen molar-refractivity contribution in [1.29, 1.82) is 0 Å². The van der Waals surface area contributed by atoms with E-state index in [0.29, 0.717) is 12.1 Å². The third-order valence-electron chi connectivity index (χ3n) is 3.57. The number of anilines is 1. The fraction of sp³-hybridized carbons (Fsp3) is 0.429. The Morgan fingerprint density at radius 2 is 2.05 bits per heavy atom. The molecule has 1 unspecified atom stereocenters. The van der Waals surface area contributed by atoms with Crippen molar-refractivity contribution >= 4 is 17.6 Å². The molecule has 0 spiro atoms. The molecule has 1 atom stereocenters. The lowest BCUT2D eigenvalue weighted by Crippen LogP contribution is -2.50. The number of nitrogens with zero attached hydrogens (tertiary/aromatic N) is 1. The Bertz CT molecular complexity index is 525.